The third-order valence-corrected chi connectivity index (χ3v) is 6.26. The van der Waals surface area contributed by atoms with Crippen molar-refractivity contribution >= 4 is 23.5 Å². The summed E-state index contributed by atoms with van der Waals surface area (Å²) in [5, 5.41) is 6.89. The highest BCUT2D eigenvalue weighted by Crippen LogP contribution is 2.66. The zero-order valence-electron chi connectivity index (χ0n) is 14.6. The number of halogens is 5. The molecule has 152 valence electrons. The Morgan fingerprint density at radius 3 is 2.50 bits per heavy atom. The summed E-state index contributed by atoms with van der Waals surface area (Å²) in [7, 11) is 0. The number of benzene rings is 1. The van der Waals surface area contributed by atoms with Crippen molar-refractivity contribution in [3.63, 3.8) is 0 Å². The predicted molar refractivity (Wildman–Crippen MR) is 91.9 cm³/mol. The summed E-state index contributed by atoms with van der Waals surface area (Å²) in [5.41, 5.74) is -0.483. The summed E-state index contributed by atoms with van der Waals surface area (Å²) in [6.45, 7) is 0.0743. The van der Waals surface area contributed by atoms with Crippen LogP contribution in [0.2, 0.25) is 5.02 Å². The highest BCUT2D eigenvalue weighted by Gasteiger charge is 2.63. The number of rotatable bonds is 4. The molecule has 4 rings (SSSR count). The average molecular weight is 420 g/mol. The third kappa shape index (κ3) is 3.29. The van der Waals surface area contributed by atoms with Gasteiger partial charge in [-0.05, 0) is 30.2 Å². The zero-order valence-corrected chi connectivity index (χ0v) is 15.4. The molecule has 0 bridgehead atoms. The van der Waals surface area contributed by atoms with Crippen LogP contribution >= 0.6 is 11.6 Å². The molecule has 2 saturated carbocycles. The van der Waals surface area contributed by atoms with Gasteiger partial charge in [-0.25, -0.2) is 22.4 Å². The maximum Gasteiger partial charge on any atom is 0.315 e. The van der Waals surface area contributed by atoms with Crippen molar-refractivity contribution < 1.29 is 27.2 Å². The molecule has 1 aromatic carbocycles. The molecule has 2 atom stereocenters. The molecule has 0 radical (unpaired) electrons. The highest BCUT2D eigenvalue weighted by atomic mass is 35.5. The van der Waals surface area contributed by atoms with E-state index in [4.69, 9.17) is 11.6 Å². The molecule has 0 unspecified atom stereocenters. The van der Waals surface area contributed by atoms with Crippen LogP contribution in [0.15, 0.2) is 12.1 Å². The molecule has 5 nitrogen and oxygen atoms in total. The summed E-state index contributed by atoms with van der Waals surface area (Å²) in [5.74, 6) is -5.41. The lowest BCUT2D eigenvalue weighted by molar-refractivity contribution is -0.210. The van der Waals surface area contributed by atoms with E-state index in [1.807, 2.05) is 0 Å². The first-order valence-corrected chi connectivity index (χ1v) is 9.33. The van der Waals surface area contributed by atoms with E-state index in [0.717, 1.165) is 6.07 Å². The number of hydrogen-bond acceptors (Lipinski definition) is 2. The molecule has 0 aromatic heterocycles. The van der Waals surface area contributed by atoms with Gasteiger partial charge in [0, 0.05) is 24.9 Å². The summed E-state index contributed by atoms with van der Waals surface area (Å²) >= 11 is 5.68. The van der Waals surface area contributed by atoms with E-state index in [1.54, 1.807) is 0 Å². The lowest BCUT2D eigenvalue weighted by Crippen LogP contribution is -2.57. The van der Waals surface area contributed by atoms with E-state index in [0.29, 0.717) is 12.8 Å². The maximum atomic E-state index is 14.6. The Balaban J connectivity index is 1.55. The van der Waals surface area contributed by atoms with Gasteiger partial charge in [-0.15, -0.1) is 0 Å². The van der Waals surface area contributed by atoms with Crippen LogP contribution in [0, 0.1) is 23.0 Å². The Labute approximate surface area is 163 Å². The molecule has 10 heteroatoms. The summed E-state index contributed by atoms with van der Waals surface area (Å²) in [6.07, 6.45) is 0.368. The fourth-order valence-electron chi connectivity index (χ4n) is 4.72. The molecule has 1 heterocycles. The van der Waals surface area contributed by atoms with Gasteiger partial charge in [0.1, 0.15) is 22.7 Å². The van der Waals surface area contributed by atoms with Crippen LogP contribution < -0.4 is 16.0 Å². The van der Waals surface area contributed by atoms with Crippen LogP contribution in [0.5, 0.6) is 0 Å². The van der Waals surface area contributed by atoms with Crippen molar-refractivity contribution in [1.29, 1.82) is 0 Å². The van der Waals surface area contributed by atoms with Crippen molar-refractivity contribution in [2.45, 2.75) is 43.7 Å². The van der Waals surface area contributed by atoms with Gasteiger partial charge in [0.25, 0.3) is 0 Å². The molecule has 28 heavy (non-hydrogen) atoms. The van der Waals surface area contributed by atoms with Crippen molar-refractivity contribution in [3.8, 4) is 0 Å². The lowest BCUT2D eigenvalue weighted by Gasteiger charge is -2.59. The van der Waals surface area contributed by atoms with Crippen molar-refractivity contribution in [3.05, 3.63) is 34.4 Å². The monoisotopic (exact) mass is 419 g/mol. The predicted octanol–water partition coefficient (Wildman–Crippen LogP) is 3.28. The van der Waals surface area contributed by atoms with E-state index >= 15 is 0 Å². The second kappa shape index (κ2) is 6.50. The fraction of sp³-hybridized carbons (Fsp3) is 0.556. The molecule has 1 aromatic rings. The Hall–Kier alpha value is -2.03. The second-order valence-electron chi connectivity index (χ2n) is 8.04. The standard InChI is InChI=1S/C18H18ClF4N3O2/c19-12-10(20)2-1-9(13(12)21)14(26-15(27)11-5-24-16(28)25-11)8-3-17(4-8)6-18(22,23)7-17/h1-2,8,11,14H,3-7H2,(H,26,27)(H2,24,25,28)/t11-,14-/m0/s1. The molecule has 3 N–H and O–H groups in total. The fourth-order valence-corrected chi connectivity index (χ4v) is 4.89. The molecule has 1 spiro atoms. The minimum absolute atomic E-state index is 0.00275. The van der Waals surface area contributed by atoms with Gasteiger partial charge >= 0.3 is 6.03 Å². The van der Waals surface area contributed by atoms with E-state index in [-0.39, 0.29) is 30.9 Å². The van der Waals surface area contributed by atoms with Crippen LogP contribution in [0.1, 0.15) is 37.3 Å². The first kappa shape index (κ1) is 19.3. The molecular formula is C18H18ClF4N3O2. The number of carbonyl (C=O) groups is 2. The Bertz CT molecular complexity index is 834. The average Bonchev–Trinajstić information content (AvgIpc) is 3.00. The topological polar surface area (TPSA) is 70.2 Å². The molecule has 3 aliphatic rings. The Morgan fingerprint density at radius 1 is 1.25 bits per heavy atom. The number of hydrogen-bond donors (Lipinski definition) is 3. The van der Waals surface area contributed by atoms with Crippen molar-refractivity contribution in [2.75, 3.05) is 6.54 Å². The quantitative estimate of drug-likeness (QED) is 0.518. The minimum atomic E-state index is -2.67. The number of alkyl halides is 2. The number of nitrogens with one attached hydrogen (secondary N) is 3. The van der Waals surface area contributed by atoms with Crippen LogP contribution in [-0.4, -0.2) is 30.4 Å². The van der Waals surface area contributed by atoms with Gasteiger partial charge in [0.15, 0.2) is 0 Å². The zero-order chi connectivity index (χ0) is 20.3. The Kier molecular flexibility index (Phi) is 4.48. The maximum absolute atomic E-state index is 14.6. The molecular weight excluding hydrogens is 402 g/mol. The van der Waals surface area contributed by atoms with E-state index in [2.05, 4.69) is 16.0 Å². The minimum Gasteiger partial charge on any atom is -0.347 e. The lowest BCUT2D eigenvalue weighted by atomic mass is 9.48. The van der Waals surface area contributed by atoms with Gasteiger partial charge < -0.3 is 16.0 Å². The number of amides is 3. The molecule has 3 amide bonds. The van der Waals surface area contributed by atoms with Gasteiger partial charge in [0.05, 0.1) is 6.04 Å². The van der Waals surface area contributed by atoms with E-state index in [9.17, 15) is 27.2 Å². The smallest absolute Gasteiger partial charge is 0.315 e. The third-order valence-electron chi connectivity index (χ3n) is 5.92. The van der Waals surface area contributed by atoms with Gasteiger partial charge in [-0.1, -0.05) is 17.7 Å². The number of urea groups is 1. The first-order valence-electron chi connectivity index (χ1n) is 8.95. The summed E-state index contributed by atoms with van der Waals surface area (Å²) in [4.78, 5) is 23.8. The molecule has 3 fully saturated rings. The second-order valence-corrected chi connectivity index (χ2v) is 8.41. The molecule has 1 saturated heterocycles. The van der Waals surface area contributed by atoms with Crippen LogP contribution in [0.25, 0.3) is 0 Å². The summed E-state index contributed by atoms with van der Waals surface area (Å²) < 4.78 is 54.7. The van der Waals surface area contributed by atoms with Crippen LogP contribution in [0.4, 0.5) is 22.4 Å². The SMILES string of the molecule is O=C1NC[C@@H](C(=O)N[C@H](c2ccc(F)c(Cl)c2F)C2CC3(C2)CC(F)(F)C3)N1. The molecule has 1 aliphatic heterocycles. The van der Waals surface area contributed by atoms with Gasteiger partial charge in [-0.2, -0.15) is 0 Å². The normalized spacial score (nSPS) is 26.0. The largest absolute Gasteiger partial charge is 0.347 e. The van der Waals surface area contributed by atoms with Crippen molar-refractivity contribution in [1.82, 2.24) is 16.0 Å². The van der Waals surface area contributed by atoms with E-state index < -0.39 is 52.0 Å². The van der Waals surface area contributed by atoms with Gasteiger partial charge in [-0.3, -0.25) is 4.79 Å². The van der Waals surface area contributed by atoms with Crippen LogP contribution in [-0.2, 0) is 4.79 Å². The number of carbonyl (C=O) groups excluding carboxylic acids is 2. The highest BCUT2D eigenvalue weighted by molar-refractivity contribution is 6.31. The van der Waals surface area contributed by atoms with E-state index in [1.165, 1.54) is 6.07 Å². The van der Waals surface area contributed by atoms with Gasteiger partial charge in [0.2, 0.25) is 11.8 Å². The Morgan fingerprint density at radius 2 is 1.93 bits per heavy atom. The first-order chi connectivity index (χ1) is 13.1. The van der Waals surface area contributed by atoms with Crippen molar-refractivity contribution in [2.24, 2.45) is 11.3 Å². The van der Waals surface area contributed by atoms with Crippen LogP contribution in [0.3, 0.4) is 0 Å². The summed E-state index contributed by atoms with van der Waals surface area (Å²) in [6, 6.07) is 0.0175. The molecule has 2 aliphatic carbocycles.